The molecule has 0 spiro atoms. The van der Waals surface area contributed by atoms with Crippen LogP contribution in [0.25, 0.3) is 0 Å². The average Bonchev–Trinajstić information content (AvgIpc) is 0.800. The summed E-state index contributed by atoms with van der Waals surface area (Å²) in [5.41, 5.74) is 0. The second-order valence-corrected chi connectivity index (χ2v) is 34.4. The summed E-state index contributed by atoms with van der Waals surface area (Å²) < 4.78 is 116. The number of ether oxygens (including phenoxy) is 20. The van der Waals surface area contributed by atoms with Gasteiger partial charge in [-0.1, -0.05) is 44.9 Å². The molecule has 4 heterocycles. The van der Waals surface area contributed by atoms with Gasteiger partial charge in [0, 0.05) is 194 Å². The standard InChI is InChI=1S/C93H151N9O40/c1-56(103)100-80-88(137-65(10)112)85(134-62(7)109)70(53-130-59(4)106)140-91(80)127-45-25-21-31-73(115)94-38-28-41-97-76(118)35-48-124-69-52-133-68(51-123-44-24-19-17-15-13-14-16-18-20-34-79(121)122)83(125-49-36-77(119)98-42-29-39-95-74(116)32-22-26-46-128-92-81(101-57(2)104)89(138-66(11)113)86(135-63(8)110)71(141-92)54-131-60(5)107)84(69)126-50-37-78(120)99-43-30-40-96-75(117)33-23-27-47-129-93-82(102-58(3)105)90(139-67(12)114)87(136-64(9)111)72(142-93)55-132-61(6)108/h68-72,80-93H,13-55H2,1-12H3,(H,94,115)(H,95,116)(H,96,117)(H,97,118)(H,98,119)(H,99,120)(H,100,103)(H,101,104)(H,102,105)(H,121,122)/t68-,69+,70-,71-,72-,80-,81-,82-,83-,84-,85+,86+,87+,88-,89-,90-,91-,92-,93-/m1/s1. The van der Waals surface area contributed by atoms with Crippen molar-refractivity contribution < 1.29 is 191 Å². The molecule has 4 saturated heterocycles. The zero-order valence-electron chi connectivity index (χ0n) is 83.7. The zero-order valence-corrected chi connectivity index (χ0v) is 83.7. The van der Waals surface area contributed by atoms with E-state index in [0.29, 0.717) is 70.8 Å². The van der Waals surface area contributed by atoms with E-state index in [9.17, 15) is 91.1 Å². The quantitative estimate of drug-likeness (QED) is 0.0232. The average molecular weight is 2040 g/mol. The molecular weight excluding hydrogens is 1880 g/mol. The molecule has 0 aliphatic carbocycles. The van der Waals surface area contributed by atoms with Crippen LogP contribution in [0.3, 0.4) is 0 Å². The molecule has 19 atom stereocenters. The maximum Gasteiger partial charge on any atom is 0.303 e. The molecule has 808 valence electrons. The Morgan fingerprint density at radius 2 is 0.521 bits per heavy atom. The predicted molar refractivity (Wildman–Crippen MR) is 491 cm³/mol. The topological polar surface area (TPSA) is 637 Å². The van der Waals surface area contributed by atoms with Crippen LogP contribution >= 0.6 is 0 Å². The maximum absolute atomic E-state index is 13.5. The van der Waals surface area contributed by atoms with Gasteiger partial charge in [-0.25, -0.2) is 0 Å². The summed E-state index contributed by atoms with van der Waals surface area (Å²) in [5, 5.41) is 33.8. The Morgan fingerprint density at radius 1 is 0.254 bits per heavy atom. The number of carboxylic acid groups (broad SMARTS) is 1. The van der Waals surface area contributed by atoms with Crippen molar-refractivity contribution in [2.75, 3.05) is 119 Å². The highest BCUT2D eigenvalue weighted by molar-refractivity contribution is 5.79. The van der Waals surface area contributed by atoms with Crippen molar-refractivity contribution in [3.63, 3.8) is 0 Å². The lowest BCUT2D eigenvalue weighted by atomic mass is 9.96. The van der Waals surface area contributed by atoms with E-state index in [4.69, 9.17) is 99.8 Å². The summed E-state index contributed by atoms with van der Waals surface area (Å²) in [4.78, 5) is 236. The van der Waals surface area contributed by atoms with Crippen LogP contribution in [0.4, 0.5) is 0 Å². The Balaban J connectivity index is 1.39. The van der Waals surface area contributed by atoms with Crippen molar-refractivity contribution in [3.8, 4) is 0 Å². The summed E-state index contributed by atoms with van der Waals surface area (Å²) in [6.45, 7) is 13.4. The summed E-state index contributed by atoms with van der Waals surface area (Å²) in [7, 11) is 0. The van der Waals surface area contributed by atoms with E-state index in [-0.39, 0.29) is 155 Å². The molecule has 0 aromatic heterocycles. The number of aliphatic carboxylic acids is 1. The van der Waals surface area contributed by atoms with Gasteiger partial charge in [-0.05, 0) is 70.6 Å². The van der Waals surface area contributed by atoms with Gasteiger partial charge in [0.2, 0.25) is 53.2 Å². The number of hydrogen-bond donors (Lipinski definition) is 10. The summed E-state index contributed by atoms with van der Waals surface area (Å²) >= 11 is 0. The van der Waals surface area contributed by atoms with E-state index in [1.54, 1.807) is 0 Å². The Kier molecular flexibility index (Phi) is 61.9. The normalized spacial score (nSPS) is 23.4. The number of carbonyl (C=O) groups excluding carboxylic acids is 18. The second kappa shape index (κ2) is 71.0. The molecule has 10 N–H and O–H groups in total. The molecule has 4 rings (SSSR count). The first kappa shape index (κ1) is 124. The monoisotopic (exact) mass is 2030 g/mol. The van der Waals surface area contributed by atoms with Crippen molar-refractivity contribution in [1.82, 2.24) is 47.9 Å². The summed E-state index contributed by atoms with van der Waals surface area (Å²) in [6, 6.07) is -3.52. The minimum Gasteiger partial charge on any atom is -0.481 e. The van der Waals surface area contributed by atoms with Gasteiger partial charge >= 0.3 is 59.7 Å². The molecule has 4 fully saturated rings. The minimum atomic E-state index is -1.32. The summed E-state index contributed by atoms with van der Waals surface area (Å²) in [6.07, 6.45) is -8.04. The molecule has 49 nitrogen and oxygen atoms in total. The van der Waals surface area contributed by atoms with Crippen molar-refractivity contribution >= 4 is 113 Å². The summed E-state index contributed by atoms with van der Waals surface area (Å²) in [5.74, 6) is -11.2. The fourth-order valence-corrected chi connectivity index (χ4v) is 15.5. The van der Waals surface area contributed by atoms with E-state index < -0.39 is 231 Å². The van der Waals surface area contributed by atoms with E-state index in [1.165, 1.54) is 20.8 Å². The molecule has 4 aliphatic heterocycles. The number of rotatable bonds is 71. The van der Waals surface area contributed by atoms with Gasteiger partial charge in [0.1, 0.15) is 80.7 Å². The Hall–Kier alpha value is -10.5. The van der Waals surface area contributed by atoms with E-state index in [1.807, 2.05) is 0 Å². The first-order valence-corrected chi connectivity index (χ1v) is 48.6. The van der Waals surface area contributed by atoms with Crippen LogP contribution in [0.5, 0.6) is 0 Å². The molecule has 142 heavy (non-hydrogen) atoms. The second-order valence-electron chi connectivity index (χ2n) is 34.4. The Morgan fingerprint density at radius 3 is 0.817 bits per heavy atom. The van der Waals surface area contributed by atoms with Crippen LogP contribution in [0, 0.1) is 0 Å². The minimum absolute atomic E-state index is 0.0106. The van der Waals surface area contributed by atoms with Gasteiger partial charge in [-0.3, -0.25) is 91.1 Å². The molecule has 0 unspecified atom stereocenters. The lowest BCUT2D eigenvalue weighted by molar-refractivity contribution is -0.277. The van der Waals surface area contributed by atoms with Gasteiger partial charge in [-0.15, -0.1) is 0 Å². The van der Waals surface area contributed by atoms with Crippen LogP contribution in [0.1, 0.15) is 244 Å². The highest BCUT2D eigenvalue weighted by atomic mass is 16.7. The zero-order chi connectivity index (χ0) is 105. The first-order valence-electron chi connectivity index (χ1n) is 48.6. The van der Waals surface area contributed by atoms with Crippen LogP contribution in [-0.2, 0) is 186 Å². The van der Waals surface area contributed by atoms with Crippen molar-refractivity contribution in [2.45, 2.75) is 360 Å². The highest BCUT2D eigenvalue weighted by Crippen LogP contribution is 2.33. The molecule has 4 aliphatic rings. The lowest BCUT2D eigenvalue weighted by Gasteiger charge is -2.44. The number of amides is 9. The molecule has 0 saturated carbocycles. The van der Waals surface area contributed by atoms with Crippen molar-refractivity contribution in [3.05, 3.63) is 0 Å². The molecule has 49 heteroatoms. The SMILES string of the molecule is CC(=O)N[C@H]1[C@H](OCCCCC(=O)NCCCNC(=O)CCO[C@H]2[C@H](OCCC(=O)NCCCNC(=O)CCCCO[C@@H]3O[C@H](COC(C)=O)[C@H](OC(C)=O)[C@H](OC(C)=O)[C@H]3NC(C)=O)[C@@H](COCCCCCCCCCCCC(=O)O)OC[C@@H]2OCCC(=O)NCCCNC(=O)CCCCO[C@@H]2O[C@H](COC(C)=O)[C@H](OC(C)=O)[C@H](OC(C)=O)[C@H]2NC(C)=O)O[C@H](COC(C)=O)[C@H](OC(C)=O)[C@@H]1OC(C)=O. The largest absolute Gasteiger partial charge is 0.481 e. The number of hydrogen-bond acceptors (Lipinski definition) is 39. The predicted octanol–water partition coefficient (Wildman–Crippen LogP) is 1.11. The van der Waals surface area contributed by atoms with E-state index in [2.05, 4.69) is 47.9 Å². The maximum atomic E-state index is 13.5. The number of carboxylic acids is 1. The molecular formula is C93H151N9O40. The molecule has 9 amide bonds. The fourth-order valence-electron chi connectivity index (χ4n) is 15.5. The molecule has 0 aromatic rings. The number of nitrogens with one attached hydrogen (secondary N) is 9. The molecule has 0 radical (unpaired) electrons. The Labute approximate surface area is 826 Å². The third-order valence-corrected chi connectivity index (χ3v) is 21.9. The molecule has 0 aromatic carbocycles. The highest BCUT2D eigenvalue weighted by Gasteiger charge is 2.55. The van der Waals surface area contributed by atoms with Gasteiger partial charge in [0.15, 0.2) is 55.5 Å². The Bertz CT molecular complexity index is 3940. The van der Waals surface area contributed by atoms with E-state index in [0.717, 1.165) is 114 Å². The fraction of sp³-hybridized carbons (Fsp3) is 0.796. The number of carbonyl (C=O) groups is 19. The van der Waals surface area contributed by atoms with E-state index >= 15 is 0 Å². The van der Waals surface area contributed by atoms with Crippen LogP contribution in [0.2, 0.25) is 0 Å². The van der Waals surface area contributed by atoms with Crippen molar-refractivity contribution in [1.29, 1.82) is 0 Å². The van der Waals surface area contributed by atoms with Gasteiger partial charge in [-0.2, -0.15) is 0 Å². The van der Waals surface area contributed by atoms with Crippen LogP contribution in [0.15, 0.2) is 0 Å². The van der Waals surface area contributed by atoms with Gasteiger partial charge in [0.05, 0.1) is 33.0 Å². The molecule has 0 bridgehead atoms. The first-order chi connectivity index (χ1) is 67.7. The lowest BCUT2D eigenvalue weighted by Crippen LogP contribution is -2.66. The number of unbranched alkanes of at least 4 members (excludes halogenated alkanes) is 11. The van der Waals surface area contributed by atoms with Crippen molar-refractivity contribution in [2.24, 2.45) is 0 Å². The third-order valence-electron chi connectivity index (χ3n) is 21.9. The van der Waals surface area contributed by atoms with Gasteiger partial charge in [0.25, 0.3) is 0 Å². The third kappa shape index (κ3) is 53.7. The van der Waals surface area contributed by atoms with Crippen LogP contribution < -0.4 is 47.9 Å². The smallest absolute Gasteiger partial charge is 0.303 e. The number of esters is 9. The van der Waals surface area contributed by atoms with Crippen LogP contribution in [-0.4, -0.2) is 353 Å². The van der Waals surface area contributed by atoms with Gasteiger partial charge < -0.3 is 148 Å².